The van der Waals surface area contributed by atoms with Gasteiger partial charge in [0.1, 0.15) is 0 Å². The van der Waals surface area contributed by atoms with Crippen molar-refractivity contribution in [2.24, 2.45) is 0 Å². The molecule has 0 saturated carbocycles. The average molecular weight is 515 g/mol. The zero-order chi connectivity index (χ0) is 25.6. The van der Waals surface area contributed by atoms with Crippen LogP contribution in [0.25, 0.3) is 5.69 Å². The molecular formula is C30H31ClN4S. The van der Waals surface area contributed by atoms with Crippen molar-refractivity contribution in [2.75, 3.05) is 4.90 Å². The zero-order valence-corrected chi connectivity index (χ0v) is 22.9. The first-order chi connectivity index (χ1) is 17.3. The van der Waals surface area contributed by atoms with Crippen LogP contribution in [-0.2, 0) is 0 Å². The van der Waals surface area contributed by atoms with Crippen molar-refractivity contribution in [3.63, 3.8) is 0 Å². The Labute approximate surface area is 223 Å². The maximum absolute atomic E-state index is 6.38. The molecular weight excluding hydrogens is 484 g/mol. The first kappa shape index (κ1) is 24.5. The summed E-state index contributed by atoms with van der Waals surface area (Å²) < 4.78 is 2.30. The molecule has 2 aromatic carbocycles. The molecule has 184 valence electrons. The molecule has 0 bridgehead atoms. The van der Waals surface area contributed by atoms with E-state index in [1.54, 1.807) is 0 Å². The molecule has 2 aromatic heterocycles. The van der Waals surface area contributed by atoms with E-state index < -0.39 is 0 Å². The van der Waals surface area contributed by atoms with Gasteiger partial charge in [-0.1, -0.05) is 49.7 Å². The monoisotopic (exact) mass is 514 g/mol. The SMILES string of the molecule is Cc1c([C@H]2[C@@H](c3ccccn3)NC(=S)N2c2ccc(C(C)C)cc2)c(C)n(-c2cccc(Cl)c2)c1C. The fourth-order valence-electron chi connectivity index (χ4n) is 5.39. The number of hydrogen-bond acceptors (Lipinski definition) is 2. The summed E-state index contributed by atoms with van der Waals surface area (Å²) in [5.74, 6) is 0.471. The fraction of sp³-hybridized carbons (Fsp3) is 0.267. The van der Waals surface area contributed by atoms with Gasteiger partial charge in [-0.25, -0.2) is 0 Å². The van der Waals surface area contributed by atoms with E-state index >= 15 is 0 Å². The van der Waals surface area contributed by atoms with Crippen LogP contribution in [-0.4, -0.2) is 14.7 Å². The van der Waals surface area contributed by atoms with Gasteiger partial charge in [-0.2, -0.15) is 0 Å². The summed E-state index contributed by atoms with van der Waals surface area (Å²) in [5.41, 5.74) is 9.28. The Morgan fingerprint density at radius 1 is 0.917 bits per heavy atom. The summed E-state index contributed by atoms with van der Waals surface area (Å²) in [4.78, 5) is 6.98. The van der Waals surface area contributed by atoms with Gasteiger partial charge in [-0.15, -0.1) is 0 Å². The topological polar surface area (TPSA) is 33.1 Å². The van der Waals surface area contributed by atoms with E-state index in [4.69, 9.17) is 28.8 Å². The first-order valence-electron chi connectivity index (χ1n) is 12.3. The van der Waals surface area contributed by atoms with E-state index in [1.807, 2.05) is 36.5 Å². The van der Waals surface area contributed by atoms with Crippen LogP contribution < -0.4 is 10.2 Å². The molecule has 0 spiro atoms. The van der Waals surface area contributed by atoms with Crippen molar-refractivity contribution in [1.29, 1.82) is 0 Å². The second-order valence-electron chi connectivity index (χ2n) is 9.77. The van der Waals surface area contributed by atoms with Crippen molar-refractivity contribution >= 4 is 34.6 Å². The number of aromatic nitrogens is 2. The zero-order valence-electron chi connectivity index (χ0n) is 21.3. The van der Waals surface area contributed by atoms with E-state index in [2.05, 4.69) is 85.8 Å². The largest absolute Gasteiger partial charge is 0.351 e. The lowest BCUT2D eigenvalue weighted by atomic mass is 9.93. The molecule has 1 aliphatic rings. The normalized spacial score (nSPS) is 17.6. The van der Waals surface area contributed by atoms with Gasteiger partial charge in [-0.05, 0) is 92.5 Å². The average Bonchev–Trinajstić information content (AvgIpc) is 3.31. The molecule has 36 heavy (non-hydrogen) atoms. The van der Waals surface area contributed by atoms with Crippen LogP contribution in [0, 0.1) is 20.8 Å². The van der Waals surface area contributed by atoms with Crippen LogP contribution in [0.5, 0.6) is 0 Å². The van der Waals surface area contributed by atoms with Gasteiger partial charge in [0.25, 0.3) is 0 Å². The highest BCUT2D eigenvalue weighted by Gasteiger charge is 2.43. The lowest BCUT2D eigenvalue weighted by Crippen LogP contribution is -2.29. The summed E-state index contributed by atoms with van der Waals surface area (Å²) in [6, 6.07) is 22.7. The second kappa shape index (κ2) is 9.72. The Balaban J connectivity index is 1.70. The third-order valence-corrected chi connectivity index (χ3v) is 7.86. The molecule has 1 aliphatic heterocycles. The predicted molar refractivity (Wildman–Crippen MR) is 153 cm³/mol. The van der Waals surface area contributed by atoms with E-state index in [0.29, 0.717) is 11.0 Å². The third kappa shape index (κ3) is 4.21. The summed E-state index contributed by atoms with van der Waals surface area (Å²) in [6.45, 7) is 11.0. The van der Waals surface area contributed by atoms with Gasteiger partial charge >= 0.3 is 0 Å². The molecule has 6 heteroatoms. The molecule has 4 aromatic rings. The van der Waals surface area contributed by atoms with E-state index in [9.17, 15) is 0 Å². The summed E-state index contributed by atoms with van der Waals surface area (Å²) >= 11 is 12.3. The number of hydrogen-bond donors (Lipinski definition) is 1. The molecule has 0 radical (unpaired) electrons. The Kier molecular flexibility index (Phi) is 6.62. The van der Waals surface area contributed by atoms with Crippen LogP contribution in [0.4, 0.5) is 5.69 Å². The van der Waals surface area contributed by atoms with Crippen LogP contribution >= 0.6 is 23.8 Å². The van der Waals surface area contributed by atoms with Gasteiger partial charge in [0.15, 0.2) is 5.11 Å². The van der Waals surface area contributed by atoms with Crippen LogP contribution in [0.2, 0.25) is 5.02 Å². The summed E-state index contributed by atoms with van der Waals surface area (Å²) in [6.07, 6.45) is 1.85. The quantitative estimate of drug-likeness (QED) is 0.276. The number of nitrogens with zero attached hydrogens (tertiary/aromatic N) is 3. The number of halogens is 1. The maximum atomic E-state index is 6.38. The molecule has 3 heterocycles. The number of pyridine rings is 1. The standard InChI is InChI=1S/C30H31ClN4S/c1-18(2)22-12-14-24(15-13-22)35-29(28(33-30(35)36)26-11-6-7-16-32-26)27-19(3)20(4)34(21(27)5)25-10-8-9-23(31)17-25/h6-18,28-29H,1-5H3,(H,33,36)/t28-,29+/m1/s1. The number of thiocarbonyl (C=S) groups is 1. The highest BCUT2D eigenvalue weighted by atomic mass is 35.5. The molecule has 0 unspecified atom stereocenters. The van der Waals surface area contributed by atoms with Crippen molar-refractivity contribution in [1.82, 2.24) is 14.9 Å². The molecule has 2 atom stereocenters. The Hall–Kier alpha value is -3.15. The van der Waals surface area contributed by atoms with E-state index in [1.165, 1.54) is 28.1 Å². The lowest BCUT2D eigenvalue weighted by molar-refractivity contribution is 0.563. The maximum Gasteiger partial charge on any atom is 0.174 e. The van der Waals surface area contributed by atoms with E-state index in [0.717, 1.165) is 22.1 Å². The van der Waals surface area contributed by atoms with Crippen LogP contribution in [0.1, 0.15) is 65.6 Å². The molecule has 5 rings (SSSR count). The number of nitrogens with one attached hydrogen (secondary N) is 1. The molecule has 0 amide bonds. The van der Waals surface area contributed by atoms with Crippen LogP contribution in [0.15, 0.2) is 72.9 Å². The minimum Gasteiger partial charge on any atom is -0.351 e. The minimum absolute atomic E-state index is 0.0589. The van der Waals surface area contributed by atoms with Crippen molar-refractivity contribution < 1.29 is 0 Å². The Morgan fingerprint density at radius 2 is 1.67 bits per heavy atom. The number of anilines is 1. The summed E-state index contributed by atoms with van der Waals surface area (Å²) in [7, 11) is 0. The molecule has 0 aliphatic carbocycles. The third-order valence-electron chi connectivity index (χ3n) is 7.31. The van der Waals surface area contributed by atoms with Crippen molar-refractivity contribution in [3.8, 4) is 5.69 Å². The Morgan fingerprint density at radius 3 is 2.31 bits per heavy atom. The lowest BCUT2D eigenvalue weighted by Gasteiger charge is -2.29. The van der Waals surface area contributed by atoms with Gasteiger partial charge in [-0.3, -0.25) is 4.98 Å². The number of rotatable bonds is 5. The first-order valence-corrected chi connectivity index (χ1v) is 13.1. The van der Waals surface area contributed by atoms with Gasteiger partial charge < -0.3 is 14.8 Å². The highest BCUT2D eigenvalue weighted by molar-refractivity contribution is 7.80. The smallest absolute Gasteiger partial charge is 0.174 e. The minimum atomic E-state index is -0.0875. The summed E-state index contributed by atoms with van der Waals surface area (Å²) in [5, 5.41) is 5.03. The molecule has 4 nitrogen and oxygen atoms in total. The molecule has 1 N–H and O–H groups in total. The molecule has 1 saturated heterocycles. The van der Waals surface area contributed by atoms with Gasteiger partial charge in [0.2, 0.25) is 0 Å². The number of benzene rings is 2. The van der Waals surface area contributed by atoms with Crippen molar-refractivity contribution in [3.05, 3.63) is 112 Å². The predicted octanol–water partition coefficient (Wildman–Crippen LogP) is 7.75. The molecule has 1 fully saturated rings. The van der Waals surface area contributed by atoms with E-state index in [-0.39, 0.29) is 12.1 Å². The second-order valence-corrected chi connectivity index (χ2v) is 10.6. The fourth-order valence-corrected chi connectivity index (χ4v) is 5.92. The highest BCUT2D eigenvalue weighted by Crippen LogP contribution is 2.45. The Bertz CT molecular complexity index is 1410. The van der Waals surface area contributed by atoms with Gasteiger partial charge in [0, 0.05) is 39.5 Å². The van der Waals surface area contributed by atoms with Crippen molar-refractivity contribution in [2.45, 2.75) is 52.6 Å². The van der Waals surface area contributed by atoms with Crippen LogP contribution in [0.3, 0.4) is 0 Å². The van der Waals surface area contributed by atoms with Gasteiger partial charge in [0.05, 0.1) is 17.8 Å².